The molecule has 0 aromatic carbocycles. The molecule has 1 aliphatic carbocycles. The van der Waals surface area contributed by atoms with Gasteiger partial charge in [-0.3, -0.25) is 18.7 Å². The number of thioether (sulfide) groups is 1. The van der Waals surface area contributed by atoms with E-state index in [0.29, 0.717) is 23.1 Å². The van der Waals surface area contributed by atoms with Crippen LogP contribution in [-0.2, 0) is 24.6 Å². The molecule has 6 nitrogen and oxygen atoms in total. The molecule has 20 heavy (non-hydrogen) atoms. The van der Waals surface area contributed by atoms with Crippen molar-refractivity contribution in [1.82, 2.24) is 14.5 Å². The van der Waals surface area contributed by atoms with Gasteiger partial charge in [-0.2, -0.15) is 0 Å². The zero-order valence-electron chi connectivity index (χ0n) is 11.7. The molecule has 1 aromatic rings. The van der Waals surface area contributed by atoms with E-state index in [-0.39, 0.29) is 17.2 Å². The summed E-state index contributed by atoms with van der Waals surface area (Å²) in [4.78, 5) is 34.9. The van der Waals surface area contributed by atoms with E-state index >= 15 is 0 Å². The number of hydrogen-bond donors (Lipinski definition) is 1. The van der Waals surface area contributed by atoms with E-state index in [1.54, 1.807) is 7.05 Å². The second kappa shape index (κ2) is 6.30. The Kier molecular flexibility index (Phi) is 4.69. The maximum atomic E-state index is 11.7. The van der Waals surface area contributed by atoms with Gasteiger partial charge in [0.2, 0.25) is 5.91 Å². The summed E-state index contributed by atoms with van der Waals surface area (Å²) < 4.78 is 2.51. The molecule has 1 aromatic heterocycles. The van der Waals surface area contributed by atoms with Gasteiger partial charge < -0.3 is 5.32 Å². The summed E-state index contributed by atoms with van der Waals surface area (Å²) in [6.45, 7) is 0.768. The first-order chi connectivity index (χ1) is 9.49. The van der Waals surface area contributed by atoms with Crippen LogP contribution < -0.4 is 16.6 Å². The Morgan fingerprint density at radius 2 is 2.05 bits per heavy atom. The lowest BCUT2D eigenvalue weighted by Gasteiger charge is -2.09. The Labute approximate surface area is 121 Å². The van der Waals surface area contributed by atoms with E-state index in [9.17, 15) is 14.4 Å². The van der Waals surface area contributed by atoms with Crippen LogP contribution in [0.3, 0.4) is 0 Å². The molecule has 2 rings (SSSR count). The lowest BCUT2D eigenvalue weighted by molar-refractivity contribution is -0.118. The SMILES string of the molecule is Cn1c(CSCC(=O)NCC2CC2)cc(=O)n(C)c1=O. The monoisotopic (exact) mass is 297 g/mol. The van der Waals surface area contributed by atoms with Crippen LogP contribution in [0.15, 0.2) is 15.7 Å². The second-order valence-corrected chi connectivity index (χ2v) is 6.10. The van der Waals surface area contributed by atoms with E-state index in [1.165, 1.54) is 42.3 Å². The third kappa shape index (κ3) is 3.75. The first kappa shape index (κ1) is 14.9. The number of hydrogen-bond acceptors (Lipinski definition) is 4. The largest absolute Gasteiger partial charge is 0.355 e. The van der Waals surface area contributed by atoms with Crippen LogP contribution in [-0.4, -0.2) is 27.3 Å². The van der Waals surface area contributed by atoms with E-state index in [0.717, 1.165) is 11.1 Å². The van der Waals surface area contributed by atoms with Gasteiger partial charge in [0.25, 0.3) is 5.56 Å². The molecule has 0 unspecified atom stereocenters. The smallest absolute Gasteiger partial charge is 0.330 e. The van der Waals surface area contributed by atoms with Crippen molar-refractivity contribution in [1.29, 1.82) is 0 Å². The van der Waals surface area contributed by atoms with Crippen LogP contribution in [0.5, 0.6) is 0 Å². The highest BCUT2D eigenvalue weighted by Gasteiger charge is 2.21. The average Bonchev–Trinajstić information content (AvgIpc) is 3.24. The minimum atomic E-state index is -0.341. The quantitative estimate of drug-likeness (QED) is 0.792. The fraction of sp³-hybridized carbons (Fsp3) is 0.615. The van der Waals surface area contributed by atoms with E-state index in [1.807, 2.05) is 0 Å². The summed E-state index contributed by atoms with van der Waals surface area (Å²) in [6.07, 6.45) is 2.42. The van der Waals surface area contributed by atoms with Gasteiger partial charge in [-0.1, -0.05) is 0 Å². The van der Waals surface area contributed by atoms with Gasteiger partial charge in [-0.05, 0) is 18.8 Å². The maximum absolute atomic E-state index is 11.7. The molecule has 1 fully saturated rings. The second-order valence-electron chi connectivity index (χ2n) is 5.11. The highest BCUT2D eigenvalue weighted by molar-refractivity contribution is 7.99. The van der Waals surface area contributed by atoms with Crippen molar-refractivity contribution in [3.8, 4) is 0 Å². The van der Waals surface area contributed by atoms with Gasteiger partial charge in [-0.15, -0.1) is 11.8 Å². The molecule has 0 radical (unpaired) electrons. The molecular formula is C13H19N3O3S. The molecule has 1 saturated carbocycles. The van der Waals surface area contributed by atoms with Crippen LogP contribution in [0.1, 0.15) is 18.5 Å². The molecule has 0 bridgehead atoms. The predicted octanol–water partition coefficient (Wildman–Crippen LogP) is -0.157. The van der Waals surface area contributed by atoms with Crippen LogP contribution in [0.25, 0.3) is 0 Å². The van der Waals surface area contributed by atoms with Gasteiger partial charge in [0, 0.05) is 38.2 Å². The van der Waals surface area contributed by atoms with Crippen LogP contribution in [0, 0.1) is 5.92 Å². The number of nitrogens with zero attached hydrogens (tertiary/aromatic N) is 2. The van der Waals surface area contributed by atoms with Crippen LogP contribution >= 0.6 is 11.8 Å². The zero-order valence-corrected chi connectivity index (χ0v) is 12.5. The standard InChI is InChI=1S/C13H19N3O3S/c1-15-10(5-12(18)16(2)13(15)19)7-20-8-11(17)14-6-9-3-4-9/h5,9H,3-4,6-8H2,1-2H3,(H,14,17). The average molecular weight is 297 g/mol. The lowest BCUT2D eigenvalue weighted by Crippen LogP contribution is -2.37. The van der Waals surface area contributed by atoms with Gasteiger partial charge in [0.15, 0.2) is 0 Å². The van der Waals surface area contributed by atoms with E-state index < -0.39 is 0 Å². The normalized spacial score (nSPS) is 14.3. The fourth-order valence-electron chi connectivity index (χ4n) is 1.80. The Morgan fingerprint density at radius 3 is 2.70 bits per heavy atom. The van der Waals surface area contributed by atoms with Crippen molar-refractivity contribution in [2.24, 2.45) is 20.0 Å². The van der Waals surface area contributed by atoms with Crippen LogP contribution in [0.2, 0.25) is 0 Å². The third-order valence-corrected chi connectivity index (χ3v) is 4.36. The van der Waals surface area contributed by atoms with E-state index in [2.05, 4.69) is 5.32 Å². The first-order valence-electron chi connectivity index (χ1n) is 6.59. The van der Waals surface area contributed by atoms with Gasteiger partial charge in [0.05, 0.1) is 5.75 Å². The number of carbonyl (C=O) groups is 1. The fourth-order valence-corrected chi connectivity index (χ4v) is 2.67. The number of amides is 1. The minimum absolute atomic E-state index is 0.00994. The summed E-state index contributed by atoms with van der Waals surface area (Å²) in [6, 6.07) is 1.44. The van der Waals surface area contributed by atoms with Gasteiger partial charge in [-0.25, -0.2) is 4.79 Å². The van der Waals surface area contributed by atoms with Crippen molar-refractivity contribution >= 4 is 17.7 Å². The first-order valence-corrected chi connectivity index (χ1v) is 7.75. The Morgan fingerprint density at radius 1 is 1.35 bits per heavy atom. The van der Waals surface area contributed by atoms with Gasteiger partial charge in [0.1, 0.15) is 0 Å². The molecule has 0 saturated heterocycles. The minimum Gasteiger partial charge on any atom is -0.355 e. The van der Waals surface area contributed by atoms with Gasteiger partial charge >= 0.3 is 5.69 Å². The highest BCUT2D eigenvalue weighted by Crippen LogP contribution is 2.27. The molecule has 7 heteroatoms. The molecule has 1 amide bonds. The number of rotatable bonds is 6. The zero-order chi connectivity index (χ0) is 14.7. The lowest BCUT2D eigenvalue weighted by atomic mass is 10.4. The summed E-state index contributed by atoms with van der Waals surface area (Å²) in [5, 5.41) is 2.88. The molecule has 110 valence electrons. The Bertz CT molecular complexity index is 616. The molecular weight excluding hydrogens is 278 g/mol. The summed E-state index contributed by atoms with van der Waals surface area (Å²) in [7, 11) is 3.08. The maximum Gasteiger partial charge on any atom is 0.330 e. The summed E-state index contributed by atoms with van der Waals surface area (Å²) in [5.74, 6) is 1.49. The predicted molar refractivity (Wildman–Crippen MR) is 78.8 cm³/mol. The number of nitrogens with one attached hydrogen (secondary N) is 1. The Hall–Kier alpha value is -1.50. The molecule has 1 heterocycles. The molecule has 0 spiro atoms. The van der Waals surface area contributed by atoms with Crippen molar-refractivity contribution in [2.45, 2.75) is 18.6 Å². The molecule has 1 aliphatic rings. The van der Waals surface area contributed by atoms with Crippen molar-refractivity contribution in [2.75, 3.05) is 12.3 Å². The highest BCUT2D eigenvalue weighted by atomic mass is 32.2. The summed E-state index contributed by atoms with van der Waals surface area (Å²) in [5.41, 5.74) is -0.0220. The number of carbonyl (C=O) groups excluding carboxylic acids is 1. The van der Waals surface area contributed by atoms with E-state index in [4.69, 9.17) is 0 Å². The topological polar surface area (TPSA) is 73.1 Å². The third-order valence-electron chi connectivity index (χ3n) is 3.39. The molecule has 0 aliphatic heterocycles. The van der Waals surface area contributed by atoms with Crippen molar-refractivity contribution in [3.05, 3.63) is 32.6 Å². The van der Waals surface area contributed by atoms with Crippen LogP contribution in [0.4, 0.5) is 0 Å². The summed E-state index contributed by atoms with van der Waals surface area (Å²) >= 11 is 1.40. The Balaban J connectivity index is 1.86. The van der Waals surface area contributed by atoms with Crippen molar-refractivity contribution < 1.29 is 4.79 Å². The number of aromatic nitrogens is 2. The molecule has 1 N–H and O–H groups in total. The van der Waals surface area contributed by atoms with Crippen molar-refractivity contribution in [3.63, 3.8) is 0 Å². The molecule has 0 atom stereocenters.